The summed E-state index contributed by atoms with van der Waals surface area (Å²) in [4.78, 5) is 24.9. The standard InChI is InChI=1S/C19H24N2O4/c1-14-16(10-11-25-14)13-21(2)19(24)20-17(8-9-18(22)23)12-15-6-4-3-5-7-15/h3-7,10-11,17H,8-9,12-13H2,1-2H3,(H,20,24)(H,22,23). The summed E-state index contributed by atoms with van der Waals surface area (Å²) in [6.45, 7) is 2.29. The monoisotopic (exact) mass is 344 g/mol. The van der Waals surface area contributed by atoms with Crippen LogP contribution in [-0.4, -0.2) is 35.1 Å². The first-order chi connectivity index (χ1) is 12.0. The minimum absolute atomic E-state index is 0.0162. The van der Waals surface area contributed by atoms with Gasteiger partial charge in [0.2, 0.25) is 0 Å². The molecule has 0 aliphatic rings. The molecule has 0 fully saturated rings. The smallest absolute Gasteiger partial charge is 0.317 e. The number of furan rings is 1. The highest BCUT2D eigenvalue weighted by Crippen LogP contribution is 2.12. The molecule has 2 rings (SSSR count). The van der Waals surface area contributed by atoms with Crippen LogP contribution in [0.5, 0.6) is 0 Å². The van der Waals surface area contributed by atoms with Crippen molar-refractivity contribution in [2.75, 3.05) is 7.05 Å². The van der Waals surface area contributed by atoms with Gasteiger partial charge < -0.3 is 19.7 Å². The number of aryl methyl sites for hydroxylation is 1. The number of aliphatic carboxylic acids is 1. The fraction of sp³-hybridized carbons (Fsp3) is 0.368. The number of rotatable bonds is 8. The summed E-state index contributed by atoms with van der Waals surface area (Å²) in [5.41, 5.74) is 2.01. The molecule has 1 aromatic heterocycles. The number of nitrogens with one attached hydrogen (secondary N) is 1. The third-order valence-corrected chi connectivity index (χ3v) is 4.08. The zero-order valence-corrected chi connectivity index (χ0v) is 14.6. The van der Waals surface area contributed by atoms with Crippen LogP contribution < -0.4 is 5.32 Å². The molecule has 1 aromatic carbocycles. The Bertz CT molecular complexity index is 696. The van der Waals surface area contributed by atoms with Crippen molar-refractivity contribution in [3.05, 3.63) is 59.5 Å². The number of hydrogen-bond acceptors (Lipinski definition) is 3. The molecular formula is C19H24N2O4. The first kappa shape index (κ1) is 18.6. The van der Waals surface area contributed by atoms with Gasteiger partial charge >= 0.3 is 12.0 Å². The van der Waals surface area contributed by atoms with E-state index in [9.17, 15) is 9.59 Å². The number of carbonyl (C=O) groups excluding carboxylic acids is 1. The van der Waals surface area contributed by atoms with E-state index < -0.39 is 5.97 Å². The number of amides is 2. The Morgan fingerprint density at radius 1 is 1.24 bits per heavy atom. The van der Waals surface area contributed by atoms with Gasteiger partial charge in [0.15, 0.2) is 0 Å². The van der Waals surface area contributed by atoms with Gasteiger partial charge in [-0.2, -0.15) is 0 Å². The molecule has 1 atom stereocenters. The summed E-state index contributed by atoms with van der Waals surface area (Å²) >= 11 is 0. The maximum absolute atomic E-state index is 12.5. The van der Waals surface area contributed by atoms with Crippen molar-refractivity contribution in [3.63, 3.8) is 0 Å². The van der Waals surface area contributed by atoms with E-state index in [0.717, 1.165) is 16.9 Å². The number of benzene rings is 1. The lowest BCUT2D eigenvalue weighted by molar-refractivity contribution is -0.137. The van der Waals surface area contributed by atoms with Gasteiger partial charge in [-0.3, -0.25) is 4.79 Å². The summed E-state index contributed by atoms with van der Waals surface area (Å²) in [5.74, 6) is -0.0824. The Labute approximate surface area is 147 Å². The van der Waals surface area contributed by atoms with Crippen molar-refractivity contribution >= 4 is 12.0 Å². The van der Waals surface area contributed by atoms with Crippen molar-refractivity contribution in [2.24, 2.45) is 0 Å². The third kappa shape index (κ3) is 5.99. The number of carbonyl (C=O) groups is 2. The van der Waals surface area contributed by atoms with Crippen LogP contribution in [0, 0.1) is 6.92 Å². The van der Waals surface area contributed by atoms with E-state index in [4.69, 9.17) is 9.52 Å². The normalized spacial score (nSPS) is 11.8. The van der Waals surface area contributed by atoms with Crippen molar-refractivity contribution in [2.45, 2.75) is 38.8 Å². The van der Waals surface area contributed by atoms with Crippen LogP contribution in [0.3, 0.4) is 0 Å². The number of carboxylic acids is 1. The average Bonchev–Trinajstić information content (AvgIpc) is 2.98. The average molecular weight is 344 g/mol. The number of hydrogen-bond donors (Lipinski definition) is 2. The predicted molar refractivity (Wildman–Crippen MR) is 94.2 cm³/mol. The van der Waals surface area contributed by atoms with Crippen molar-refractivity contribution in [1.82, 2.24) is 10.2 Å². The SMILES string of the molecule is Cc1occc1CN(C)C(=O)NC(CCC(=O)O)Cc1ccccc1. The van der Waals surface area contributed by atoms with E-state index in [-0.39, 0.29) is 18.5 Å². The summed E-state index contributed by atoms with van der Waals surface area (Å²) in [7, 11) is 1.71. The van der Waals surface area contributed by atoms with Gasteiger partial charge in [-0.15, -0.1) is 0 Å². The minimum Gasteiger partial charge on any atom is -0.481 e. The molecule has 2 aromatic rings. The van der Waals surface area contributed by atoms with Crippen LogP contribution in [0.15, 0.2) is 47.1 Å². The maximum atomic E-state index is 12.5. The number of urea groups is 1. The third-order valence-electron chi connectivity index (χ3n) is 4.08. The molecule has 0 aliphatic carbocycles. The largest absolute Gasteiger partial charge is 0.481 e. The topological polar surface area (TPSA) is 82.8 Å². The predicted octanol–water partition coefficient (Wildman–Crippen LogP) is 3.21. The summed E-state index contributed by atoms with van der Waals surface area (Å²) in [6.07, 6.45) is 2.59. The molecule has 0 radical (unpaired) electrons. The fourth-order valence-electron chi connectivity index (χ4n) is 2.61. The minimum atomic E-state index is -0.866. The molecule has 0 saturated heterocycles. The molecule has 2 N–H and O–H groups in total. The highest BCUT2D eigenvalue weighted by molar-refractivity contribution is 5.74. The Morgan fingerprint density at radius 3 is 2.56 bits per heavy atom. The van der Waals surface area contributed by atoms with E-state index in [2.05, 4.69) is 5.32 Å². The van der Waals surface area contributed by atoms with Crippen LogP contribution in [0.25, 0.3) is 0 Å². The lowest BCUT2D eigenvalue weighted by atomic mass is 10.0. The second-order valence-corrected chi connectivity index (χ2v) is 6.13. The highest BCUT2D eigenvalue weighted by Gasteiger charge is 2.18. The van der Waals surface area contributed by atoms with E-state index in [1.54, 1.807) is 18.2 Å². The molecule has 1 heterocycles. The molecule has 0 aliphatic heterocycles. The number of carboxylic acid groups (broad SMARTS) is 1. The van der Waals surface area contributed by atoms with E-state index in [0.29, 0.717) is 19.4 Å². The van der Waals surface area contributed by atoms with Gasteiger partial charge in [0.1, 0.15) is 5.76 Å². The maximum Gasteiger partial charge on any atom is 0.317 e. The number of nitrogens with zero attached hydrogens (tertiary/aromatic N) is 1. The Kier molecular flexibility index (Phi) is 6.62. The van der Waals surface area contributed by atoms with Gasteiger partial charge in [-0.25, -0.2) is 4.79 Å². The molecule has 134 valence electrons. The van der Waals surface area contributed by atoms with Crippen LogP contribution in [-0.2, 0) is 17.8 Å². The van der Waals surface area contributed by atoms with E-state index in [1.807, 2.05) is 43.3 Å². The van der Waals surface area contributed by atoms with Crippen molar-refractivity contribution in [1.29, 1.82) is 0 Å². The van der Waals surface area contributed by atoms with Crippen molar-refractivity contribution in [3.8, 4) is 0 Å². The molecule has 0 spiro atoms. The van der Waals surface area contributed by atoms with E-state index >= 15 is 0 Å². The molecular weight excluding hydrogens is 320 g/mol. The lowest BCUT2D eigenvalue weighted by Gasteiger charge is -2.23. The van der Waals surface area contributed by atoms with E-state index in [1.165, 1.54) is 0 Å². The molecule has 1 unspecified atom stereocenters. The van der Waals surface area contributed by atoms with Gasteiger partial charge in [0.05, 0.1) is 12.8 Å². The Balaban J connectivity index is 1.97. The summed E-state index contributed by atoms with van der Waals surface area (Å²) in [6, 6.07) is 11.1. The Hall–Kier alpha value is -2.76. The Morgan fingerprint density at radius 2 is 1.96 bits per heavy atom. The zero-order chi connectivity index (χ0) is 18.2. The fourth-order valence-corrected chi connectivity index (χ4v) is 2.61. The van der Waals surface area contributed by atoms with Gasteiger partial charge in [-0.1, -0.05) is 30.3 Å². The van der Waals surface area contributed by atoms with Gasteiger partial charge in [0, 0.05) is 25.1 Å². The van der Waals surface area contributed by atoms with Gasteiger partial charge in [0.25, 0.3) is 0 Å². The van der Waals surface area contributed by atoms with Crippen LogP contribution in [0.1, 0.15) is 29.7 Å². The quantitative estimate of drug-likeness (QED) is 0.770. The van der Waals surface area contributed by atoms with Crippen molar-refractivity contribution < 1.29 is 19.1 Å². The first-order valence-corrected chi connectivity index (χ1v) is 8.26. The summed E-state index contributed by atoms with van der Waals surface area (Å²) < 4.78 is 5.25. The van der Waals surface area contributed by atoms with Crippen LogP contribution in [0.2, 0.25) is 0 Å². The molecule has 6 heteroatoms. The second-order valence-electron chi connectivity index (χ2n) is 6.13. The molecule has 6 nitrogen and oxygen atoms in total. The molecule has 2 amide bonds. The second kappa shape index (κ2) is 8.92. The zero-order valence-electron chi connectivity index (χ0n) is 14.6. The lowest BCUT2D eigenvalue weighted by Crippen LogP contribution is -2.44. The molecule has 0 saturated carbocycles. The molecule has 25 heavy (non-hydrogen) atoms. The highest BCUT2D eigenvalue weighted by atomic mass is 16.4. The first-order valence-electron chi connectivity index (χ1n) is 8.26. The van der Waals surface area contributed by atoms with Gasteiger partial charge in [-0.05, 0) is 31.4 Å². The van der Waals surface area contributed by atoms with Crippen LogP contribution >= 0.6 is 0 Å². The summed E-state index contributed by atoms with van der Waals surface area (Å²) in [5, 5.41) is 11.9. The molecule has 0 bridgehead atoms. The van der Waals surface area contributed by atoms with Crippen LogP contribution in [0.4, 0.5) is 4.79 Å².